The summed E-state index contributed by atoms with van der Waals surface area (Å²) in [6, 6.07) is 1.78. The predicted molar refractivity (Wildman–Crippen MR) is 97.7 cm³/mol. The number of amides is 1. The Balaban J connectivity index is 0.00000242. The molecule has 0 spiro atoms. The van der Waals surface area contributed by atoms with Crippen molar-refractivity contribution in [2.45, 2.75) is 32.6 Å². The van der Waals surface area contributed by atoms with Crippen LogP contribution in [0.4, 0.5) is 0 Å². The number of piperidine rings is 1. The molecule has 0 saturated carbocycles. The predicted octanol–water partition coefficient (Wildman–Crippen LogP) is 2.13. The largest absolute Gasteiger partial charge is 0.459 e. The van der Waals surface area contributed by atoms with Crippen molar-refractivity contribution in [3.05, 3.63) is 23.7 Å². The first-order valence-corrected chi connectivity index (χ1v) is 7.55. The van der Waals surface area contributed by atoms with E-state index in [2.05, 4.69) is 15.2 Å². The van der Waals surface area contributed by atoms with Crippen molar-refractivity contribution in [3.63, 3.8) is 0 Å². The quantitative estimate of drug-likeness (QED) is 0.331. The maximum Gasteiger partial charge on any atom is 0.287 e. The van der Waals surface area contributed by atoms with Gasteiger partial charge in [-0.05, 0) is 38.7 Å². The van der Waals surface area contributed by atoms with E-state index in [9.17, 15) is 4.79 Å². The Morgan fingerprint density at radius 1 is 1.41 bits per heavy atom. The van der Waals surface area contributed by atoms with Crippen LogP contribution in [0.5, 0.6) is 0 Å². The molecule has 0 unspecified atom stereocenters. The second-order valence-corrected chi connectivity index (χ2v) is 5.33. The summed E-state index contributed by atoms with van der Waals surface area (Å²) in [5.41, 5.74) is 6.81. The number of hydrogen-bond acceptors (Lipinski definition) is 3. The third kappa shape index (κ3) is 5.51. The van der Waals surface area contributed by atoms with E-state index >= 15 is 0 Å². The van der Waals surface area contributed by atoms with Crippen LogP contribution < -0.4 is 11.1 Å². The van der Waals surface area contributed by atoms with Crippen LogP contribution in [0.3, 0.4) is 0 Å². The van der Waals surface area contributed by atoms with E-state index in [4.69, 9.17) is 10.2 Å². The molecule has 3 N–H and O–H groups in total. The molecule has 1 amide bonds. The van der Waals surface area contributed by atoms with Gasteiger partial charge in [0, 0.05) is 31.7 Å². The Morgan fingerprint density at radius 2 is 2.14 bits per heavy atom. The standard InChI is InChI=1S/C15H24N4O2.HI/c1-12-6-11-21-13(12)14(20)17-7-5-8-18-15(16)19-9-3-2-4-10-19;/h6,11H,2-5,7-10H2,1H3,(H2,16,18)(H,17,20);1H. The molecule has 1 fully saturated rings. The number of furan rings is 1. The number of nitrogens with one attached hydrogen (secondary N) is 1. The van der Waals surface area contributed by atoms with Crippen molar-refractivity contribution < 1.29 is 9.21 Å². The Hall–Kier alpha value is -1.25. The second kappa shape index (κ2) is 9.70. The number of carbonyl (C=O) groups is 1. The van der Waals surface area contributed by atoms with Crippen molar-refractivity contribution in [2.24, 2.45) is 10.7 Å². The minimum Gasteiger partial charge on any atom is -0.459 e. The number of guanidine groups is 1. The van der Waals surface area contributed by atoms with Crippen LogP contribution >= 0.6 is 24.0 Å². The summed E-state index contributed by atoms with van der Waals surface area (Å²) in [5, 5.41) is 2.82. The average molecular weight is 420 g/mol. The number of aliphatic imine (C=N–C) groups is 1. The molecule has 0 atom stereocenters. The van der Waals surface area contributed by atoms with Crippen LogP contribution in [-0.2, 0) is 0 Å². The summed E-state index contributed by atoms with van der Waals surface area (Å²) < 4.78 is 5.13. The van der Waals surface area contributed by atoms with Crippen molar-refractivity contribution >= 4 is 35.8 Å². The van der Waals surface area contributed by atoms with Gasteiger partial charge in [-0.3, -0.25) is 9.79 Å². The van der Waals surface area contributed by atoms with Gasteiger partial charge in [0.1, 0.15) is 0 Å². The molecule has 0 radical (unpaired) electrons. The van der Waals surface area contributed by atoms with Crippen LogP contribution in [0.1, 0.15) is 41.8 Å². The Bertz CT molecular complexity index is 495. The molecule has 1 saturated heterocycles. The lowest BCUT2D eigenvalue weighted by molar-refractivity contribution is 0.0925. The van der Waals surface area contributed by atoms with Crippen LogP contribution in [0.15, 0.2) is 21.7 Å². The van der Waals surface area contributed by atoms with Crippen LogP contribution in [0, 0.1) is 6.92 Å². The maximum absolute atomic E-state index is 11.8. The van der Waals surface area contributed by atoms with Gasteiger partial charge in [0.2, 0.25) is 0 Å². The van der Waals surface area contributed by atoms with Gasteiger partial charge >= 0.3 is 0 Å². The van der Waals surface area contributed by atoms with Gasteiger partial charge in [-0.25, -0.2) is 0 Å². The van der Waals surface area contributed by atoms with E-state index in [1.165, 1.54) is 25.5 Å². The maximum atomic E-state index is 11.8. The minimum atomic E-state index is -0.175. The molecule has 1 aromatic heterocycles. The molecule has 2 heterocycles. The fourth-order valence-corrected chi connectivity index (χ4v) is 2.38. The third-order valence-corrected chi connectivity index (χ3v) is 3.64. The number of carbonyl (C=O) groups excluding carboxylic acids is 1. The molecular formula is C15H25IN4O2. The average Bonchev–Trinajstić information content (AvgIpc) is 2.93. The fraction of sp³-hybridized carbons (Fsp3) is 0.600. The van der Waals surface area contributed by atoms with Crippen molar-refractivity contribution in [1.82, 2.24) is 10.2 Å². The topological polar surface area (TPSA) is 83.9 Å². The number of rotatable bonds is 5. The van der Waals surface area contributed by atoms with Gasteiger partial charge in [-0.1, -0.05) is 0 Å². The van der Waals surface area contributed by atoms with E-state index in [1.807, 2.05) is 6.92 Å². The van der Waals surface area contributed by atoms with Crippen LogP contribution in [0.25, 0.3) is 0 Å². The summed E-state index contributed by atoms with van der Waals surface area (Å²) >= 11 is 0. The normalized spacial score (nSPS) is 15.3. The fourth-order valence-electron chi connectivity index (χ4n) is 2.38. The smallest absolute Gasteiger partial charge is 0.287 e. The first-order valence-electron chi connectivity index (χ1n) is 7.55. The van der Waals surface area contributed by atoms with E-state index in [0.717, 1.165) is 25.1 Å². The van der Waals surface area contributed by atoms with Gasteiger partial charge in [-0.2, -0.15) is 0 Å². The minimum absolute atomic E-state index is 0. The van der Waals surface area contributed by atoms with E-state index < -0.39 is 0 Å². The first-order chi connectivity index (χ1) is 10.2. The number of halogens is 1. The SMILES string of the molecule is Cc1ccoc1C(=O)NCCCN=C(N)N1CCCCC1.I. The van der Waals surface area contributed by atoms with E-state index in [1.54, 1.807) is 6.07 Å². The summed E-state index contributed by atoms with van der Waals surface area (Å²) in [6.07, 6.45) is 5.94. The van der Waals surface area contributed by atoms with E-state index in [-0.39, 0.29) is 29.9 Å². The van der Waals surface area contributed by atoms with Gasteiger partial charge < -0.3 is 20.4 Å². The zero-order valence-electron chi connectivity index (χ0n) is 13.0. The molecular weight excluding hydrogens is 395 g/mol. The lowest BCUT2D eigenvalue weighted by Gasteiger charge is -2.27. The van der Waals surface area contributed by atoms with Gasteiger partial charge in [0.25, 0.3) is 5.91 Å². The number of nitrogens with zero attached hydrogens (tertiary/aromatic N) is 2. The van der Waals surface area contributed by atoms with Crippen molar-refractivity contribution in [2.75, 3.05) is 26.2 Å². The highest BCUT2D eigenvalue weighted by Gasteiger charge is 2.12. The lowest BCUT2D eigenvalue weighted by atomic mass is 10.1. The molecule has 7 heteroatoms. The van der Waals surface area contributed by atoms with Gasteiger partial charge in [0.15, 0.2) is 11.7 Å². The molecule has 0 aromatic carbocycles. The molecule has 22 heavy (non-hydrogen) atoms. The number of hydrogen-bond donors (Lipinski definition) is 2. The molecule has 1 aliphatic rings. The third-order valence-electron chi connectivity index (χ3n) is 3.64. The first kappa shape index (κ1) is 18.8. The monoisotopic (exact) mass is 420 g/mol. The van der Waals surface area contributed by atoms with Crippen molar-refractivity contribution in [1.29, 1.82) is 0 Å². The molecule has 0 aliphatic carbocycles. The summed E-state index contributed by atoms with van der Waals surface area (Å²) in [6.45, 7) is 5.05. The number of aryl methyl sites for hydroxylation is 1. The van der Waals surface area contributed by atoms with Gasteiger partial charge in [-0.15, -0.1) is 24.0 Å². The zero-order valence-corrected chi connectivity index (χ0v) is 15.3. The molecule has 0 bridgehead atoms. The number of likely N-dealkylation sites (tertiary alicyclic amines) is 1. The Morgan fingerprint density at radius 3 is 2.77 bits per heavy atom. The number of nitrogens with two attached hydrogens (primary N) is 1. The van der Waals surface area contributed by atoms with Crippen LogP contribution in [0.2, 0.25) is 0 Å². The molecule has 1 aliphatic heterocycles. The summed E-state index contributed by atoms with van der Waals surface area (Å²) in [4.78, 5) is 18.3. The van der Waals surface area contributed by atoms with E-state index in [0.29, 0.717) is 24.8 Å². The van der Waals surface area contributed by atoms with Crippen LogP contribution in [-0.4, -0.2) is 42.9 Å². The summed E-state index contributed by atoms with van der Waals surface area (Å²) in [5.74, 6) is 0.833. The highest BCUT2D eigenvalue weighted by atomic mass is 127. The molecule has 1 aromatic rings. The van der Waals surface area contributed by atoms with Crippen molar-refractivity contribution in [3.8, 4) is 0 Å². The highest BCUT2D eigenvalue weighted by molar-refractivity contribution is 14.0. The Labute approximate surface area is 148 Å². The second-order valence-electron chi connectivity index (χ2n) is 5.33. The zero-order chi connectivity index (χ0) is 15.1. The Kier molecular flexibility index (Phi) is 8.29. The molecule has 2 rings (SSSR count). The molecule has 6 nitrogen and oxygen atoms in total. The molecule has 124 valence electrons. The lowest BCUT2D eigenvalue weighted by Crippen LogP contribution is -2.41. The summed E-state index contributed by atoms with van der Waals surface area (Å²) in [7, 11) is 0. The van der Waals surface area contributed by atoms with Gasteiger partial charge in [0.05, 0.1) is 6.26 Å². The highest BCUT2D eigenvalue weighted by Crippen LogP contribution is 2.08.